The van der Waals surface area contributed by atoms with Gasteiger partial charge in [0.25, 0.3) is 17.5 Å². The molecule has 0 saturated carbocycles. The maximum absolute atomic E-state index is 13.1. The fraction of sp³-hybridized carbons (Fsp3) is 0.0870. The summed E-state index contributed by atoms with van der Waals surface area (Å²) in [5, 5.41) is 13.5. The number of nitrogens with zero attached hydrogens (tertiary/aromatic N) is 2. The molecule has 1 aromatic heterocycles. The van der Waals surface area contributed by atoms with E-state index in [9.17, 15) is 19.7 Å². The van der Waals surface area contributed by atoms with Crippen LogP contribution in [-0.2, 0) is 9.59 Å². The number of aryl methyl sites for hydroxylation is 1. The van der Waals surface area contributed by atoms with Gasteiger partial charge < -0.3 is 9.15 Å². The third-order valence-electron chi connectivity index (χ3n) is 4.97. The lowest BCUT2D eigenvalue weighted by atomic mass is 10.1. The maximum atomic E-state index is 13.1. The van der Waals surface area contributed by atoms with Crippen molar-refractivity contribution in [2.45, 2.75) is 6.92 Å². The first-order chi connectivity index (χ1) is 15.8. The molecule has 0 radical (unpaired) electrons. The minimum absolute atomic E-state index is 0.0123. The Morgan fingerprint density at radius 1 is 1.12 bits per heavy atom. The number of amides is 2. The average Bonchev–Trinajstić information content (AvgIpc) is 3.25. The number of hydrogen-bond donors (Lipinski definition) is 1. The Balaban J connectivity index is 1.67. The van der Waals surface area contributed by atoms with Crippen molar-refractivity contribution >= 4 is 46.6 Å². The molecule has 0 spiro atoms. The molecule has 1 saturated heterocycles. The van der Waals surface area contributed by atoms with Crippen LogP contribution in [0.3, 0.4) is 0 Å². The molecule has 1 fully saturated rings. The van der Waals surface area contributed by atoms with Gasteiger partial charge in [-0.15, -0.1) is 0 Å². The summed E-state index contributed by atoms with van der Waals surface area (Å²) in [5.41, 5.74) is 1.74. The number of anilines is 1. The highest BCUT2D eigenvalue weighted by molar-refractivity contribution is 7.80. The van der Waals surface area contributed by atoms with Crippen molar-refractivity contribution in [2.24, 2.45) is 0 Å². The van der Waals surface area contributed by atoms with Crippen LogP contribution >= 0.6 is 12.2 Å². The minimum Gasteiger partial charge on any atom is -0.496 e. The molecule has 0 unspecified atom stereocenters. The Morgan fingerprint density at radius 3 is 2.52 bits per heavy atom. The van der Waals surface area contributed by atoms with E-state index in [0.717, 1.165) is 5.56 Å². The zero-order valence-corrected chi connectivity index (χ0v) is 18.3. The number of hydrogen-bond acceptors (Lipinski definition) is 7. The molecule has 4 rings (SSSR count). The number of rotatable bonds is 5. The van der Waals surface area contributed by atoms with Crippen LogP contribution in [0.1, 0.15) is 11.3 Å². The molecule has 33 heavy (non-hydrogen) atoms. The monoisotopic (exact) mass is 463 g/mol. The van der Waals surface area contributed by atoms with E-state index in [1.807, 2.05) is 19.1 Å². The van der Waals surface area contributed by atoms with Gasteiger partial charge in [-0.05, 0) is 55.5 Å². The number of benzene rings is 2. The van der Waals surface area contributed by atoms with Crippen LogP contribution < -0.4 is 15.0 Å². The Kier molecular flexibility index (Phi) is 5.76. The normalized spacial score (nSPS) is 15.0. The van der Waals surface area contributed by atoms with Gasteiger partial charge in [0.15, 0.2) is 5.11 Å². The Bertz CT molecular complexity index is 1330. The highest BCUT2D eigenvalue weighted by Crippen LogP contribution is 2.34. The van der Waals surface area contributed by atoms with E-state index >= 15 is 0 Å². The van der Waals surface area contributed by atoms with Crippen molar-refractivity contribution in [3.63, 3.8) is 0 Å². The van der Waals surface area contributed by atoms with Crippen LogP contribution in [0.4, 0.5) is 11.4 Å². The SMILES string of the molecule is COc1cc([N+](=O)[O-])ccc1-c1ccc(C=C2C(=O)NC(=S)N(c3ccc(C)cc3)C2=O)o1. The van der Waals surface area contributed by atoms with Crippen molar-refractivity contribution < 1.29 is 23.7 Å². The summed E-state index contributed by atoms with van der Waals surface area (Å²) in [6, 6.07) is 14.5. The van der Waals surface area contributed by atoms with Crippen molar-refractivity contribution in [2.75, 3.05) is 12.0 Å². The van der Waals surface area contributed by atoms with Crippen LogP contribution in [0.15, 0.2) is 64.6 Å². The van der Waals surface area contributed by atoms with Gasteiger partial charge in [-0.1, -0.05) is 17.7 Å². The number of non-ortho nitro benzene ring substituents is 1. The van der Waals surface area contributed by atoms with Gasteiger partial charge >= 0.3 is 0 Å². The van der Waals surface area contributed by atoms with Gasteiger partial charge in [0.1, 0.15) is 22.8 Å². The fourth-order valence-corrected chi connectivity index (χ4v) is 3.58. The van der Waals surface area contributed by atoms with E-state index in [1.54, 1.807) is 24.3 Å². The first-order valence-electron chi connectivity index (χ1n) is 9.69. The van der Waals surface area contributed by atoms with Gasteiger partial charge in [-0.2, -0.15) is 0 Å². The third kappa shape index (κ3) is 4.23. The largest absolute Gasteiger partial charge is 0.496 e. The molecule has 10 heteroatoms. The zero-order chi connectivity index (χ0) is 23.7. The van der Waals surface area contributed by atoms with Crippen molar-refractivity contribution in [1.29, 1.82) is 0 Å². The van der Waals surface area contributed by atoms with Gasteiger partial charge in [0.05, 0.1) is 29.4 Å². The van der Waals surface area contributed by atoms with Crippen LogP contribution in [0.25, 0.3) is 17.4 Å². The lowest BCUT2D eigenvalue weighted by Gasteiger charge is -2.28. The average molecular weight is 463 g/mol. The number of carbonyl (C=O) groups excluding carboxylic acids is 2. The van der Waals surface area contributed by atoms with Gasteiger partial charge in [-0.25, -0.2) is 0 Å². The van der Waals surface area contributed by atoms with Crippen molar-refractivity contribution in [3.8, 4) is 17.1 Å². The third-order valence-corrected chi connectivity index (χ3v) is 5.25. The molecule has 1 aliphatic rings. The molecule has 1 N–H and O–H groups in total. The summed E-state index contributed by atoms with van der Waals surface area (Å²) in [4.78, 5) is 37.3. The molecule has 166 valence electrons. The molecule has 9 nitrogen and oxygen atoms in total. The summed E-state index contributed by atoms with van der Waals surface area (Å²) >= 11 is 5.20. The molecule has 0 bridgehead atoms. The van der Waals surface area contributed by atoms with E-state index in [1.165, 1.54) is 36.3 Å². The summed E-state index contributed by atoms with van der Waals surface area (Å²) in [6.07, 6.45) is 1.32. The maximum Gasteiger partial charge on any atom is 0.273 e. The number of nitro benzene ring substituents is 1. The van der Waals surface area contributed by atoms with E-state index in [4.69, 9.17) is 21.4 Å². The fourth-order valence-electron chi connectivity index (χ4n) is 3.30. The van der Waals surface area contributed by atoms with E-state index in [2.05, 4.69) is 5.32 Å². The van der Waals surface area contributed by atoms with Crippen molar-refractivity contribution in [3.05, 3.63) is 81.6 Å². The van der Waals surface area contributed by atoms with Gasteiger partial charge in [-0.3, -0.25) is 29.9 Å². The van der Waals surface area contributed by atoms with Crippen molar-refractivity contribution in [1.82, 2.24) is 5.32 Å². The standard InChI is InChI=1S/C23H17N3O6S/c1-13-3-5-14(6-4-13)25-22(28)18(21(27)24-23(25)33)12-16-8-10-19(32-16)17-9-7-15(26(29)30)11-20(17)31-2/h3-12H,1-2H3,(H,24,27,33). The second-order valence-electron chi connectivity index (χ2n) is 7.14. The number of nitrogens with one attached hydrogen (secondary N) is 1. The first kappa shape index (κ1) is 21.9. The Morgan fingerprint density at radius 2 is 1.85 bits per heavy atom. The predicted molar refractivity (Wildman–Crippen MR) is 125 cm³/mol. The first-order valence-corrected chi connectivity index (χ1v) is 10.1. The van der Waals surface area contributed by atoms with Gasteiger partial charge in [0, 0.05) is 6.07 Å². The Hall–Kier alpha value is -4.31. The van der Waals surface area contributed by atoms with E-state index < -0.39 is 16.7 Å². The predicted octanol–water partition coefficient (Wildman–Crippen LogP) is 4.00. The minimum atomic E-state index is -0.640. The number of nitro groups is 1. The lowest BCUT2D eigenvalue weighted by Crippen LogP contribution is -2.54. The summed E-state index contributed by atoms with van der Waals surface area (Å²) in [5.74, 6) is -0.387. The molecule has 0 atom stereocenters. The summed E-state index contributed by atoms with van der Waals surface area (Å²) < 4.78 is 11.0. The second-order valence-corrected chi connectivity index (χ2v) is 7.52. The summed E-state index contributed by atoms with van der Waals surface area (Å²) in [7, 11) is 1.39. The highest BCUT2D eigenvalue weighted by atomic mass is 32.1. The molecule has 2 amide bonds. The number of carbonyl (C=O) groups is 2. The number of furan rings is 1. The molecule has 2 aromatic carbocycles. The van der Waals surface area contributed by atoms with E-state index in [0.29, 0.717) is 17.0 Å². The zero-order valence-electron chi connectivity index (χ0n) is 17.5. The van der Waals surface area contributed by atoms with Crippen LogP contribution in [0.5, 0.6) is 5.75 Å². The number of ether oxygens (including phenoxy) is 1. The smallest absolute Gasteiger partial charge is 0.273 e. The van der Waals surface area contributed by atoms with Gasteiger partial charge in [0.2, 0.25) is 0 Å². The molecule has 1 aliphatic heterocycles. The van der Waals surface area contributed by atoms with Crippen LogP contribution in [-0.4, -0.2) is 29.0 Å². The van der Waals surface area contributed by atoms with Crippen LogP contribution in [0, 0.1) is 17.0 Å². The second kappa shape index (κ2) is 8.67. The molecular formula is C23H17N3O6S. The molecule has 0 aliphatic carbocycles. The number of methoxy groups -OCH3 is 1. The van der Waals surface area contributed by atoms with E-state index in [-0.39, 0.29) is 27.9 Å². The highest BCUT2D eigenvalue weighted by Gasteiger charge is 2.34. The Labute approximate surface area is 193 Å². The molecule has 2 heterocycles. The number of thiocarbonyl (C=S) groups is 1. The quantitative estimate of drug-likeness (QED) is 0.200. The lowest BCUT2D eigenvalue weighted by molar-refractivity contribution is -0.384. The molecular weight excluding hydrogens is 446 g/mol. The summed E-state index contributed by atoms with van der Waals surface area (Å²) in [6.45, 7) is 1.92. The molecule has 3 aromatic rings. The topological polar surface area (TPSA) is 115 Å². The van der Waals surface area contributed by atoms with Crippen LogP contribution in [0.2, 0.25) is 0 Å².